The Balaban J connectivity index is 2.15. The van der Waals surface area contributed by atoms with E-state index in [1.165, 1.54) is 0 Å². The Morgan fingerprint density at radius 3 is 2.73 bits per heavy atom. The molecule has 22 heavy (non-hydrogen) atoms. The summed E-state index contributed by atoms with van der Waals surface area (Å²) < 4.78 is 5.17. The Labute approximate surface area is 132 Å². The lowest BCUT2D eigenvalue weighted by Crippen LogP contribution is -2.38. The van der Waals surface area contributed by atoms with E-state index in [2.05, 4.69) is 49.9 Å². The summed E-state index contributed by atoms with van der Waals surface area (Å²) in [6.07, 6.45) is 2.38. The van der Waals surface area contributed by atoms with Gasteiger partial charge in [0.1, 0.15) is 12.4 Å². The molecule has 0 radical (unpaired) electrons. The lowest BCUT2D eigenvalue weighted by molar-refractivity contribution is 0.177. The zero-order valence-electron chi connectivity index (χ0n) is 14.0. The summed E-state index contributed by atoms with van der Waals surface area (Å²) >= 11 is 0. The summed E-state index contributed by atoms with van der Waals surface area (Å²) in [5, 5.41) is 3.29. The molecule has 1 saturated heterocycles. The number of carbonyl (C=O) groups excluding carboxylic acids is 1. The van der Waals surface area contributed by atoms with Crippen molar-refractivity contribution in [1.82, 2.24) is 9.97 Å². The van der Waals surface area contributed by atoms with E-state index in [9.17, 15) is 4.79 Å². The first-order valence-electron chi connectivity index (χ1n) is 7.94. The van der Waals surface area contributed by atoms with Crippen LogP contribution in [0.15, 0.2) is 12.3 Å². The Hall–Kier alpha value is -1.85. The molecule has 1 aliphatic rings. The van der Waals surface area contributed by atoms with Crippen molar-refractivity contribution in [2.24, 2.45) is 11.8 Å². The van der Waals surface area contributed by atoms with Crippen LogP contribution in [0.4, 0.5) is 16.6 Å². The van der Waals surface area contributed by atoms with E-state index >= 15 is 0 Å². The van der Waals surface area contributed by atoms with E-state index in [1.807, 2.05) is 0 Å². The fraction of sp³-hybridized carbons (Fsp3) is 0.688. The van der Waals surface area contributed by atoms with Crippen LogP contribution >= 0.6 is 0 Å². The van der Waals surface area contributed by atoms with Gasteiger partial charge in [-0.3, -0.25) is 4.90 Å². The third-order valence-corrected chi connectivity index (χ3v) is 3.76. The van der Waals surface area contributed by atoms with Crippen molar-refractivity contribution in [2.45, 2.75) is 53.1 Å². The zero-order chi connectivity index (χ0) is 16.3. The minimum Gasteiger partial charge on any atom is -0.447 e. The quantitative estimate of drug-likeness (QED) is 0.873. The topological polar surface area (TPSA) is 67.4 Å². The van der Waals surface area contributed by atoms with Crippen LogP contribution in [-0.4, -0.2) is 34.8 Å². The SMILES string of the molecule is CC(C)CC(C)Nc1nccc(N2C(=O)OCC2C(C)C)n1. The highest BCUT2D eigenvalue weighted by Gasteiger charge is 2.37. The number of hydrogen-bond donors (Lipinski definition) is 1. The molecule has 1 aromatic rings. The Bertz CT molecular complexity index is 519. The zero-order valence-corrected chi connectivity index (χ0v) is 14.0. The molecule has 6 heteroatoms. The van der Waals surface area contributed by atoms with E-state index in [0.717, 1.165) is 6.42 Å². The first kappa shape index (κ1) is 16.5. The average Bonchev–Trinajstić information content (AvgIpc) is 2.80. The second-order valence-corrected chi connectivity index (χ2v) is 6.67. The number of carbonyl (C=O) groups is 1. The van der Waals surface area contributed by atoms with Crippen LogP contribution < -0.4 is 10.2 Å². The molecule has 1 aliphatic heterocycles. The fourth-order valence-electron chi connectivity index (χ4n) is 2.73. The van der Waals surface area contributed by atoms with Gasteiger partial charge in [-0.25, -0.2) is 9.78 Å². The number of nitrogens with zero attached hydrogens (tertiary/aromatic N) is 3. The van der Waals surface area contributed by atoms with Gasteiger partial charge >= 0.3 is 6.09 Å². The maximum Gasteiger partial charge on any atom is 0.415 e. The van der Waals surface area contributed by atoms with E-state index in [-0.39, 0.29) is 18.2 Å². The Morgan fingerprint density at radius 2 is 2.09 bits per heavy atom. The Morgan fingerprint density at radius 1 is 1.36 bits per heavy atom. The number of cyclic esters (lactones) is 1. The smallest absolute Gasteiger partial charge is 0.415 e. The maximum absolute atomic E-state index is 12.0. The predicted octanol–water partition coefficient (Wildman–Crippen LogP) is 3.30. The molecule has 0 aromatic carbocycles. The van der Waals surface area contributed by atoms with Gasteiger partial charge < -0.3 is 10.1 Å². The molecular formula is C16H26N4O2. The third-order valence-electron chi connectivity index (χ3n) is 3.76. The molecule has 0 bridgehead atoms. The first-order chi connectivity index (χ1) is 10.4. The number of amides is 1. The summed E-state index contributed by atoms with van der Waals surface area (Å²) in [5.41, 5.74) is 0. The highest BCUT2D eigenvalue weighted by Crippen LogP contribution is 2.26. The number of ether oxygens (including phenoxy) is 1. The van der Waals surface area contributed by atoms with Crippen LogP contribution in [0.2, 0.25) is 0 Å². The molecule has 0 saturated carbocycles. The molecular weight excluding hydrogens is 280 g/mol. The van der Waals surface area contributed by atoms with E-state index < -0.39 is 0 Å². The minimum absolute atomic E-state index is 0.0170. The maximum atomic E-state index is 12.0. The number of nitrogens with one attached hydrogen (secondary N) is 1. The monoisotopic (exact) mass is 306 g/mol. The minimum atomic E-state index is -0.335. The summed E-state index contributed by atoms with van der Waals surface area (Å²) in [5.74, 6) is 2.05. The summed E-state index contributed by atoms with van der Waals surface area (Å²) in [6, 6.07) is 2.05. The predicted molar refractivity (Wildman–Crippen MR) is 87.0 cm³/mol. The van der Waals surface area contributed by atoms with Gasteiger partial charge in [-0.15, -0.1) is 0 Å². The van der Waals surface area contributed by atoms with Crippen molar-refractivity contribution in [2.75, 3.05) is 16.8 Å². The standard InChI is InChI=1S/C16H26N4O2/c1-10(2)8-12(5)18-15-17-7-6-14(19-15)20-13(11(3)4)9-22-16(20)21/h6-7,10-13H,8-9H2,1-5H3,(H,17,18,19). The van der Waals surface area contributed by atoms with Gasteiger partial charge in [0, 0.05) is 12.2 Å². The number of anilines is 2. The molecule has 2 unspecified atom stereocenters. The molecule has 1 aromatic heterocycles. The van der Waals surface area contributed by atoms with Crippen LogP contribution in [0.3, 0.4) is 0 Å². The molecule has 122 valence electrons. The lowest BCUT2D eigenvalue weighted by atomic mass is 10.0. The second kappa shape index (κ2) is 6.94. The molecule has 1 fully saturated rings. The third kappa shape index (κ3) is 3.87. The highest BCUT2D eigenvalue weighted by molar-refractivity contribution is 5.89. The highest BCUT2D eigenvalue weighted by atomic mass is 16.6. The van der Waals surface area contributed by atoms with E-state index in [4.69, 9.17) is 4.74 Å². The average molecular weight is 306 g/mol. The molecule has 6 nitrogen and oxygen atoms in total. The second-order valence-electron chi connectivity index (χ2n) is 6.67. The van der Waals surface area contributed by atoms with Crippen molar-refractivity contribution in [3.05, 3.63) is 12.3 Å². The number of hydrogen-bond acceptors (Lipinski definition) is 5. The molecule has 1 amide bonds. The van der Waals surface area contributed by atoms with E-state index in [0.29, 0.717) is 30.2 Å². The summed E-state index contributed by atoms with van der Waals surface area (Å²) in [6.45, 7) is 11.0. The van der Waals surface area contributed by atoms with Crippen LogP contribution in [0, 0.1) is 11.8 Å². The first-order valence-corrected chi connectivity index (χ1v) is 7.94. The van der Waals surface area contributed by atoms with Crippen LogP contribution in [0.5, 0.6) is 0 Å². The van der Waals surface area contributed by atoms with Crippen molar-refractivity contribution < 1.29 is 9.53 Å². The van der Waals surface area contributed by atoms with Crippen LogP contribution in [0.1, 0.15) is 41.0 Å². The molecule has 2 rings (SSSR count). The summed E-state index contributed by atoms with van der Waals surface area (Å²) in [7, 11) is 0. The van der Waals surface area contributed by atoms with Gasteiger partial charge in [0.05, 0.1) is 6.04 Å². The summed E-state index contributed by atoms with van der Waals surface area (Å²) in [4.78, 5) is 22.4. The van der Waals surface area contributed by atoms with Crippen molar-refractivity contribution in [3.8, 4) is 0 Å². The van der Waals surface area contributed by atoms with Gasteiger partial charge in [0.2, 0.25) is 5.95 Å². The van der Waals surface area contributed by atoms with Gasteiger partial charge in [0.15, 0.2) is 0 Å². The van der Waals surface area contributed by atoms with Crippen molar-refractivity contribution in [1.29, 1.82) is 0 Å². The molecule has 2 heterocycles. The molecule has 1 N–H and O–H groups in total. The van der Waals surface area contributed by atoms with Gasteiger partial charge in [0.25, 0.3) is 0 Å². The van der Waals surface area contributed by atoms with Gasteiger partial charge in [-0.05, 0) is 31.2 Å². The lowest BCUT2D eigenvalue weighted by Gasteiger charge is -2.24. The fourth-order valence-corrected chi connectivity index (χ4v) is 2.73. The largest absolute Gasteiger partial charge is 0.447 e. The molecule has 2 atom stereocenters. The van der Waals surface area contributed by atoms with Crippen LogP contribution in [0.25, 0.3) is 0 Å². The van der Waals surface area contributed by atoms with E-state index in [1.54, 1.807) is 17.2 Å². The van der Waals surface area contributed by atoms with Crippen molar-refractivity contribution in [3.63, 3.8) is 0 Å². The van der Waals surface area contributed by atoms with Gasteiger partial charge in [-0.1, -0.05) is 27.7 Å². The van der Waals surface area contributed by atoms with Crippen LogP contribution in [-0.2, 0) is 4.74 Å². The van der Waals surface area contributed by atoms with Crippen molar-refractivity contribution >= 4 is 17.9 Å². The number of aromatic nitrogens is 2. The number of rotatable bonds is 6. The molecule has 0 aliphatic carbocycles. The molecule has 0 spiro atoms. The Kier molecular flexibility index (Phi) is 5.21. The van der Waals surface area contributed by atoms with Gasteiger partial charge in [-0.2, -0.15) is 4.98 Å². The normalized spacial score (nSPS) is 19.7.